The van der Waals surface area contributed by atoms with E-state index in [4.69, 9.17) is 0 Å². The largest absolute Gasteiger partial charge is 0.311 e. The molecule has 0 spiro atoms. The number of amides is 3. The fraction of sp³-hybridized carbons (Fsp3) is 0.150. The van der Waals surface area contributed by atoms with Gasteiger partial charge in [-0.3, -0.25) is 19.3 Å². The van der Waals surface area contributed by atoms with Gasteiger partial charge in [0.05, 0.1) is 4.91 Å². The molecule has 0 N–H and O–H groups in total. The van der Waals surface area contributed by atoms with Crippen molar-refractivity contribution in [2.24, 2.45) is 0 Å². The summed E-state index contributed by atoms with van der Waals surface area (Å²) < 4.78 is 0. The van der Waals surface area contributed by atoms with Crippen molar-refractivity contribution in [1.29, 1.82) is 0 Å². The first-order chi connectivity index (χ1) is 12.6. The summed E-state index contributed by atoms with van der Waals surface area (Å²) in [7, 11) is 0. The van der Waals surface area contributed by atoms with Crippen molar-refractivity contribution in [3.63, 3.8) is 0 Å². The molecule has 1 heterocycles. The molecular weight excluding hydrogens is 348 g/mol. The second-order valence-corrected chi connectivity index (χ2v) is 6.65. The Labute approximate surface area is 156 Å². The van der Waals surface area contributed by atoms with Crippen LogP contribution in [0.5, 0.6) is 0 Å². The van der Waals surface area contributed by atoms with Gasteiger partial charge in [0.2, 0.25) is 5.91 Å². The minimum Gasteiger partial charge on any atom is -0.311 e. The maximum Gasteiger partial charge on any atom is 0.294 e. The Bertz CT molecular complexity index is 850. The van der Waals surface area contributed by atoms with Gasteiger partial charge in [0, 0.05) is 12.2 Å². The fourth-order valence-corrected chi connectivity index (χ4v) is 3.51. The van der Waals surface area contributed by atoms with E-state index in [0.717, 1.165) is 27.9 Å². The standard InChI is InChI=1S/C20H18N2O3S/c1-2-21(16-11-7-4-8-12-16)18(23)14-22-19(24)17(26-20(22)25)13-15-9-5-3-6-10-15/h3-13H,2,14H2,1H3/b17-13+. The maximum atomic E-state index is 12.6. The summed E-state index contributed by atoms with van der Waals surface area (Å²) in [5, 5.41) is -0.422. The zero-order valence-electron chi connectivity index (χ0n) is 14.3. The number of hydrogen-bond acceptors (Lipinski definition) is 4. The number of hydrogen-bond donors (Lipinski definition) is 0. The Morgan fingerprint density at radius 2 is 1.65 bits per heavy atom. The van der Waals surface area contributed by atoms with Gasteiger partial charge in [-0.15, -0.1) is 0 Å². The lowest BCUT2D eigenvalue weighted by atomic mass is 10.2. The minimum atomic E-state index is -0.429. The molecule has 2 aromatic carbocycles. The van der Waals surface area contributed by atoms with Gasteiger partial charge in [-0.2, -0.15) is 0 Å². The summed E-state index contributed by atoms with van der Waals surface area (Å²) >= 11 is 0.862. The van der Waals surface area contributed by atoms with Crippen molar-refractivity contribution in [2.45, 2.75) is 6.92 Å². The number of carbonyl (C=O) groups is 3. The first kappa shape index (κ1) is 17.9. The van der Waals surface area contributed by atoms with Crippen LogP contribution in [-0.4, -0.2) is 35.0 Å². The summed E-state index contributed by atoms with van der Waals surface area (Å²) in [6, 6.07) is 18.5. The molecule has 0 saturated carbocycles. The predicted molar refractivity (Wildman–Crippen MR) is 104 cm³/mol. The normalized spacial score (nSPS) is 15.6. The van der Waals surface area contributed by atoms with Gasteiger partial charge < -0.3 is 4.90 Å². The number of thioether (sulfide) groups is 1. The SMILES string of the molecule is CCN(C(=O)CN1C(=O)S/C(=C/c2ccccc2)C1=O)c1ccccc1. The number of anilines is 1. The lowest BCUT2D eigenvalue weighted by molar-refractivity contribution is -0.128. The molecule has 26 heavy (non-hydrogen) atoms. The van der Waals surface area contributed by atoms with Gasteiger partial charge in [-0.25, -0.2) is 0 Å². The average Bonchev–Trinajstić information content (AvgIpc) is 2.91. The zero-order valence-corrected chi connectivity index (χ0v) is 15.1. The van der Waals surface area contributed by atoms with Crippen molar-refractivity contribution < 1.29 is 14.4 Å². The molecule has 132 valence electrons. The van der Waals surface area contributed by atoms with E-state index in [1.165, 1.54) is 0 Å². The number of para-hydroxylation sites is 1. The topological polar surface area (TPSA) is 57.7 Å². The lowest BCUT2D eigenvalue weighted by Gasteiger charge is -2.23. The van der Waals surface area contributed by atoms with Crippen LogP contribution in [0.1, 0.15) is 12.5 Å². The number of rotatable bonds is 5. The van der Waals surface area contributed by atoms with E-state index < -0.39 is 11.1 Å². The molecule has 6 heteroatoms. The summed E-state index contributed by atoms with van der Waals surface area (Å²) in [6.07, 6.45) is 1.67. The molecule has 0 bridgehead atoms. The van der Waals surface area contributed by atoms with Crippen LogP contribution in [0, 0.1) is 0 Å². The Hall–Kier alpha value is -2.86. The molecule has 3 amide bonds. The van der Waals surface area contributed by atoms with Gasteiger partial charge in [0.1, 0.15) is 6.54 Å². The number of likely N-dealkylation sites (N-methyl/N-ethyl adjacent to an activating group) is 1. The van der Waals surface area contributed by atoms with Gasteiger partial charge >= 0.3 is 0 Å². The third kappa shape index (κ3) is 3.86. The highest BCUT2D eigenvalue weighted by Crippen LogP contribution is 2.32. The minimum absolute atomic E-state index is 0.264. The van der Waals surface area contributed by atoms with E-state index in [1.807, 2.05) is 67.6 Å². The highest BCUT2D eigenvalue weighted by atomic mass is 32.2. The van der Waals surface area contributed by atoms with E-state index in [9.17, 15) is 14.4 Å². The monoisotopic (exact) mass is 366 g/mol. The molecule has 0 aliphatic carbocycles. The van der Waals surface area contributed by atoms with E-state index in [0.29, 0.717) is 11.4 Å². The van der Waals surface area contributed by atoms with Crippen molar-refractivity contribution in [3.8, 4) is 0 Å². The predicted octanol–water partition coefficient (Wildman–Crippen LogP) is 3.78. The first-order valence-electron chi connectivity index (χ1n) is 8.26. The first-order valence-corrected chi connectivity index (χ1v) is 9.07. The van der Waals surface area contributed by atoms with E-state index in [-0.39, 0.29) is 12.5 Å². The Morgan fingerprint density at radius 3 is 2.27 bits per heavy atom. The maximum absolute atomic E-state index is 12.6. The fourth-order valence-electron chi connectivity index (χ4n) is 2.67. The summed E-state index contributed by atoms with van der Waals surface area (Å²) in [4.78, 5) is 40.3. The quantitative estimate of drug-likeness (QED) is 0.756. The molecule has 0 aromatic heterocycles. The Kier molecular flexibility index (Phi) is 5.53. The molecular formula is C20H18N2O3S. The summed E-state index contributed by atoms with van der Waals surface area (Å²) in [6.45, 7) is 2.05. The number of benzene rings is 2. The third-order valence-electron chi connectivity index (χ3n) is 3.95. The molecule has 0 radical (unpaired) electrons. The molecule has 5 nitrogen and oxygen atoms in total. The van der Waals surface area contributed by atoms with E-state index >= 15 is 0 Å². The smallest absolute Gasteiger partial charge is 0.294 e. The lowest BCUT2D eigenvalue weighted by Crippen LogP contribution is -2.42. The van der Waals surface area contributed by atoms with Crippen LogP contribution >= 0.6 is 11.8 Å². The Morgan fingerprint density at radius 1 is 1.04 bits per heavy atom. The summed E-state index contributed by atoms with van der Waals surface area (Å²) in [5.41, 5.74) is 1.58. The molecule has 2 aromatic rings. The molecule has 1 aliphatic heterocycles. The van der Waals surface area contributed by atoms with Crippen LogP contribution in [0.3, 0.4) is 0 Å². The number of carbonyl (C=O) groups excluding carboxylic acids is 3. The second kappa shape index (κ2) is 8.01. The van der Waals surface area contributed by atoms with Gasteiger partial charge in [-0.1, -0.05) is 48.5 Å². The molecule has 1 aliphatic rings. The molecule has 1 fully saturated rings. The molecule has 3 rings (SSSR count). The number of imide groups is 1. The Balaban J connectivity index is 1.75. The van der Waals surface area contributed by atoms with E-state index in [2.05, 4.69) is 0 Å². The highest BCUT2D eigenvalue weighted by molar-refractivity contribution is 8.18. The molecule has 0 unspecified atom stereocenters. The summed E-state index contributed by atoms with van der Waals surface area (Å²) in [5.74, 6) is -0.719. The second-order valence-electron chi connectivity index (χ2n) is 5.65. The van der Waals surface area contributed by atoms with Crippen molar-refractivity contribution in [3.05, 3.63) is 71.1 Å². The van der Waals surface area contributed by atoms with Crippen LogP contribution in [0.4, 0.5) is 10.5 Å². The van der Waals surface area contributed by atoms with Crippen molar-refractivity contribution >= 4 is 40.6 Å². The zero-order chi connectivity index (χ0) is 18.5. The van der Waals surface area contributed by atoms with Gasteiger partial charge in [-0.05, 0) is 42.5 Å². The van der Waals surface area contributed by atoms with Crippen LogP contribution in [0.2, 0.25) is 0 Å². The molecule has 0 atom stereocenters. The highest BCUT2D eigenvalue weighted by Gasteiger charge is 2.37. The average molecular weight is 366 g/mol. The van der Waals surface area contributed by atoms with Crippen molar-refractivity contribution in [1.82, 2.24) is 4.90 Å². The van der Waals surface area contributed by atoms with Gasteiger partial charge in [0.25, 0.3) is 11.1 Å². The third-order valence-corrected chi connectivity index (χ3v) is 4.86. The van der Waals surface area contributed by atoms with Crippen molar-refractivity contribution in [2.75, 3.05) is 18.0 Å². The van der Waals surface area contributed by atoms with Crippen LogP contribution in [-0.2, 0) is 9.59 Å². The molecule has 1 saturated heterocycles. The number of nitrogens with zero attached hydrogens (tertiary/aromatic N) is 2. The van der Waals surface area contributed by atoms with Gasteiger partial charge in [0.15, 0.2) is 0 Å². The van der Waals surface area contributed by atoms with Crippen LogP contribution in [0.15, 0.2) is 65.6 Å². The van der Waals surface area contributed by atoms with Crippen LogP contribution in [0.25, 0.3) is 6.08 Å². The van der Waals surface area contributed by atoms with E-state index in [1.54, 1.807) is 11.0 Å². The van der Waals surface area contributed by atoms with Crippen LogP contribution < -0.4 is 4.90 Å².